The molecule has 7 rings (SSSR count). The lowest BCUT2D eigenvalue weighted by atomic mass is 9.95. The van der Waals surface area contributed by atoms with E-state index in [-0.39, 0.29) is 17.2 Å². The fourth-order valence-corrected chi connectivity index (χ4v) is 7.74. The number of Topliss-reactive ketones (excluding diaryl/α,β-unsaturated/α-hetero) is 1. The zero-order valence-electron chi connectivity index (χ0n) is 34.6. The van der Waals surface area contributed by atoms with Crippen LogP contribution in [0.5, 0.6) is 0 Å². The van der Waals surface area contributed by atoms with Gasteiger partial charge in [0.15, 0.2) is 36.2 Å². The molecule has 5 aromatic carbocycles. The van der Waals surface area contributed by atoms with E-state index in [0.29, 0.717) is 38.5 Å². The Hall–Kier alpha value is -7.23. The number of allylic oxidation sites excluding steroid dienone is 1. The maximum Gasteiger partial charge on any atom is 0.356 e. The van der Waals surface area contributed by atoms with Crippen LogP contribution in [0.4, 0.5) is 0 Å². The third-order valence-corrected chi connectivity index (χ3v) is 11.2. The molecule has 1 saturated heterocycles. The highest BCUT2D eigenvalue weighted by atomic mass is 32.2. The topological polar surface area (TPSA) is 172 Å². The minimum Gasteiger partial charge on any atom is -0.452 e. The number of carbonyl (C=O) groups is 5. The highest BCUT2D eigenvalue weighted by Gasteiger charge is 2.54. The second kappa shape index (κ2) is 20.6. The molecule has 1 aliphatic heterocycles. The number of carbonyl (C=O) groups excluding carboxylic acids is 5. The summed E-state index contributed by atoms with van der Waals surface area (Å²) in [5.74, 6) is -5.29. The van der Waals surface area contributed by atoms with E-state index in [2.05, 4.69) is 20.8 Å². The number of ketones is 1. The molecule has 0 saturated carbocycles. The van der Waals surface area contributed by atoms with E-state index in [1.165, 1.54) is 4.68 Å². The summed E-state index contributed by atoms with van der Waals surface area (Å²) in [6, 6.07) is 43.5. The van der Waals surface area contributed by atoms with Crippen LogP contribution in [0.25, 0.3) is 0 Å². The SMILES string of the molecule is CC(C)=C(C(=O)OC(c1ccccc1)c1ccccc1)N1C(=O)[C@@H](NC(=O)C(C(=O)OC(c2ccccc2)c2ccccc2)c2ccccc2)[C@H]1OCC(=O)CSc1nnnn1C. The number of ether oxygens (including phenoxy) is 3. The molecule has 1 N–H and O–H groups in total. The molecule has 2 heterocycles. The molecule has 2 amide bonds. The van der Waals surface area contributed by atoms with E-state index in [1.54, 1.807) is 51.2 Å². The van der Waals surface area contributed by atoms with Gasteiger partial charge >= 0.3 is 11.9 Å². The fourth-order valence-electron chi connectivity index (χ4n) is 7.05. The molecule has 3 atom stereocenters. The van der Waals surface area contributed by atoms with Crippen LogP contribution in [0.15, 0.2) is 168 Å². The van der Waals surface area contributed by atoms with Crippen LogP contribution in [0, 0.1) is 0 Å². The summed E-state index contributed by atoms with van der Waals surface area (Å²) < 4.78 is 19.9. The summed E-state index contributed by atoms with van der Waals surface area (Å²) in [6.45, 7) is 2.77. The van der Waals surface area contributed by atoms with E-state index in [4.69, 9.17) is 14.2 Å². The van der Waals surface area contributed by atoms with Crippen molar-refractivity contribution in [1.82, 2.24) is 30.4 Å². The van der Waals surface area contributed by atoms with Gasteiger partial charge in [0.05, 0.1) is 5.75 Å². The molecule has 0 radical (unpaired) electrons. The molecule has 0 bridgehead atoms. The molecule has 1 aromatic heterocycles. The highest BCUT2D eigenvalue weighted by molar-refractivity contribution is 7.99. The molecule has 1 aliphatic rings. The minimum atomic E-state index is -1.54. The number of hydrogen-bond donors (Lipinski definition) is 1. The Morgan fingerprint density at radius 2 is 1.14 bits per heavy atom. The third-order valence-electron chi connectivity index (χ3n) is 10.1. The van der Waals surface area contributed by atoms with Gasteiger partial charge in [-0.15, -0.1) is 5.10 Å². The van der Waals surface area contributed by atoms with Gasteiger partial charge in [-0.2, -0.15) is 0 Å². The van der Waals surface area contributed by atoms with Gasteiger partial charge in [-0.3, -0.25) is 24.1 Å². The Morgan fingerprint density at radius 3 is 1.59 bits per heavy atom. The number of thioether (sulfide) groups is 1. The number of aryl methyl sites for hydroxylation is 1. The van der Waals surface area contributed by atoms with E-state index in [1.807, 2.05) is 121 Å². The minimum absolute atomic E-state index is 0.0782. The molecule has 15 heteroatoms. The second-order valence-electron chi connectivity index (χ2n) is 14.7. The Balaban J connectivity index is 1.17. The smallest absolute Gasteiger partial charge is 0.356 e. The van der Waals surface area contributed by atoms with Crippen LogP contribution in [-0.2, 0) is 45.2 Å². The molecule has 1 unspecified atom stereocenters. The van der Waals surface area contributed by atoms with Crippen molar-refractivity contribution in [3.63, 3.8) is 0 Å². The van der Waals surface area contributed by atoms with Gasteiger partial charge in [-0.25, -0.2) is 9.48 Å². The predicted octanol–water partition coefficient (Wildman–Crippen LogP) is 6.28. The van der Waals surface area contributed by atoms with Crippen LogP contribution < -0.4 is 5.32 Å². The summed E-state index contributed by atoms with van der Waals surface area (Å²) in [6.07, 6.45) is -3.08. The number of benzene rings is 5. The van der Waals surface area contributed by atoms with Gasteiger partial charge in [0.2, 0.25) is 11.1 Å². The van der Waals surface area contributed by atoms with Crippen LogP contribution in [0.3, 0.4) is 0 Å². The summed E-state index contributed by atoms with van der Waals surface area (Å²) >= 11 is 1.09. The summed E-state index contributed by atoms with van der Waals surface area (Å²) in [5, 5.41) is 14.4. The number of likely N-dealkylation sites (tertiary alicyclic amines) is 1. The molecule has 14 nitrogen and oxygen atoms in total. The van der Waals surface area contributed by atoms with Crippen LogP contribution in [0.2, 0.25) is 0 Å². The molecule has 0 spiro atoms. The Labute approximate surface area is 368 Å². The lowest BCUT2D eigenvalue weighted by Gasteiger charge is -2.47. The predicted molar refractivity (Wildman–Crippen MR) is 232 cm³/mol. The van der Waals surface area contributed by atoms with Gasteiger partial charge in [0.25, 0.3) is 5.91 Å². The zero-order chi connectivity index (χ0) is 44.3. The monoisotopic (exact) mass is 864 g/mol. The maximum atomic E-state index is 14.5. The van der Waals surface area contributed by atoms with Crippen LogP contribution in [0.1, 0.15) is 59.8 Å². The van der Waals surface area contributed by atoms with Gasteiger partial charge in [-0.1, -0.05) is 163 Å². The van der Waals surface area contributed by atoms with Gasteiger partial charge in [-0.05, 0) is 57.7 Å². The molecular weight excluding hydrogens is 821 g/mol. The fraction of sp³-hybridized carbons (Fsp3) is 0.208. The first-order chi connectivity index (χ1) is 30.6. The van der Waals surface area contributed by atoms with Gasteiger partial charge < -0.3 is 19.5 Å². The van der Waals surface area contributed by atoms with Crippen molar-refractivity contribution in [2.75, 3.05) is 12.4 Å². The number of esters is 2. The molecule has 63 heavy (non-hydrogen) atoms. The zero-order valence-corrected chi connectivity index (χ0v) is 35.5. The first-order valence-corrected chi connectivity index (χ1v) is 21.0. The molecule has 6 aromatic rings. The van der Waals surface area contributed by atoms with Crippen LogP contribution in [-0.4, -0.2) is 79.3 Å². The number of β-lactam (4-membered cyclic amide) rings is 1. The van der Waals surface area contributed by atoms with Crippen molar-refractivity contribution in [3.8, 4) is 0 Å². The van der Waals surface area contributed by atoms with Crippen molar-refractivity contribution in [2.24, 2.45) is 7.05 Å². The van der Waals surface area contributed by atoms with Crippen molar-refractivity contribution >= 4 is 41.3 Å². The van der Waals surface area contributed by atoms with E-state index in [0.717, 1.165) is 16.7 Å². The summed E-state index contributed by atoms with van der Waals surface area (Å²) in [5.41, 5.74) is 3.34. The Morgan fingerprint density at radius 1 is 0.683 bits per heavy atom. The number of tetrazole rings is 1. The average Bonchev–Trinajstić information content (AvgIpc) is 3.73. The van der Waals surface area contributed by atoms with E-state index in [9.17, 15) is 24.0 Å². The Kier molecular flexibility index (Phi) is 14.3. The summed E-state index contributed by atoms with van der Waals surface area (Å²) in [4.78, 5) is 71.9. The number of nitrogens with one attached hydrogen (secondary N) is 1. The number of hydrogen-bond acceptors (Lipinski definition) is 12. The third kappa shape index (κ3) is 10.5. The van der Waals surface area contributed by atoms with Crippen molar-refractivity contribution in [2.45, 2.75) is 49.4 Å². The number of amides is 2. The average molecular weight is 865 g/mol. The molecular formula is C48H44N6O8S. The van der Waals surface area contributed by atoms with E-state index < -0.39 is 60.8 Å². The maximum absolute atomic E-state index is 14.5. The number of nitrogens with zero attached hydrogens (tertiary/aromatic N) is 5. The lowest BCUT2D eigenvalue weighted by Crippen LogP contribution is -2.72. The standard InChI is InChI=1S/C48H44N6O8S/c1-31(2)40(47(59)62-42(35-25-15-7-16-26-35)36-27-17-8-18-28-36)54-44(57)39(45(54)60-29-37(55)30-63-48-50-51-52-53(48)3)49-43(56)38(32-19-9-4-10-20-32)46(58)61-41(33-21-11-5-12-22-33)34-23-13-6-14-24-34/h4-28,38-39,41-42,45H,29-30H2,1-3H3,(H,49,56)/t38?,39-,45-/m1/s1. The van der Waals surface area contributed by atoms with Gasteiger partial charge in [0.1, 0.15) is 12.3 Å². The largest absolute Gasteiger partial charge is 0.452 e. The quantitative estimate of drug-likeness (QED) is 0.0338. The molecule has 320 valence electrons. The number of aromatic nitrogens is 4. The molecule has 1 fully saturated rings. The van der Waals surface area contributed by atoms with Crippen molar-refractivity contribution < 1.29 is 38.2 Å². The van der Waals surface area contributed by atoms with Crippen LogP contribution >= 0.6 is 11.8 Å². The Bertz CT molecular complexity index is 2480. The lowest BCUT2D eigenvalue weighted by molar-refractivity contribution is -0.184. The second-order valence-corrected chi connectivity index (χ2v) is 15.7. The first kappa shape index (κ1) is 43.8. The first-order valence-electron chi connectivity index (χ1n) is 20.1. The normalized spacial score (nSPS) is 15.0. The van der Waals surface area contributed by atoms with Crippen molar-refractivity contribution in [3.05, 3.63) is 191 Å². The van der Waals surface area contributed by atoms with E-state index >= 15 is 0 Å². The summed E-state index contributed by atoms with van der Waals surface area (Å²) in [7, 11) is 1.64. The van der Waals surface area contributed by atoms with Gasteiger partial charge in [0, 0.05) is 7.05 Å². The number of rotatable bonds is 18. The molecule has 0 aliphatic carbocycles. The highest BCUT2D eigenvalue weighted by Crippen LogP contribution is 2.35. The van der Waals surface area contributed by atoms with Crippen molar-refractivity contribution in [1.29, 1.82) is 0 Å².